The van der Waals surface area contributed by atoms with Gasteiger partial charge in [0.05, 0.1) is 5.75 Å². The third kappa shape index (κ3) is 4.84. The van der Waals surface area contributed by atoms with Crippen LogP contribution in [0.4, 0.5) is 5.69 Å². The highest BCUT2D eigenvalue weighted by Gasteiger charge is 2.07. The lowest BCUT2D eigenvalue weighted by Crippen LogP contribution is -2.14. The summed E-state index contributed by atoms with van der Waals surface area (Å²) in [6.07, 6.45) is 0. The first kappa shape index (κ1) is 16.5. The van der Waals surface area contributed by atoms with E-state index in [1.807, 2.05) is 38.1 Å². The summed E-state index contributed by atoms with van der Waals surface area (Å²) in [5.74, 6) is 0.693. The second-order valence-electron chi connectivity index (χ2n) is 5.55. The van der Waals surface area contributed by atoms with Crippen molar-refractivity contribution in [2.45, 2.75) is 38.8 Å². The summed E-state index contributed by atoms with van der Waals surface area (Å²) < 4.78 is 0. The molecule has 0 fully saturated rings. The van der Waals surface area contributed by atoms with Gasteiger partial charge in [-0.25, -0.2) is 9.97 Å². The Kier molecular flexibility index (Phi) is 5.55. The molecule has 1 aromatic heterocycles. The molecule has 0 saturated heterocycles. The van der Waals surface area contributed by atoms with Gasteiger partial charge in [-0.3, -0.25) is 4.79 Å². The Labute approximate surface area is 135 Å². The van der Waals surface area contributed by atoms with Crippen molar-refractivity contribution in [1.82, 2.24) is 9.97 Å². The summed E-state index contributed by atoms with van der Waals surface area (Å²) in [5.41, 5.74) is 3.88. The number of nitrogens with zero attached hydrogens (tertiary/aromatic N) is 2. The maximum atomic E-state index is 12.0. The van der Waals surface area contributed by atoms with Crippen molar-refractivity contribution < 1.29 is 4.79 Å². The third-order valence-corrected chi connectivity index (χ3v) is 3.98. The molecule has 0 spiro atoms. The molecule has 0 aliphatic heterocycles. The Bertz CT molecular complexity index is 650. The zero-order valence-electron chi connectivity index (χ0n) is 13.4. The van der Waals surface area contributed by atoms with Gasteiger partial charge in [-0.15, -0.1) is 0 Å². The van der Waals surface area contributed by atoms with Crippen molar-refractivity contribution in [3.05, 3.63) is 47.3 Å². The molecular formula is C17H21N3OS. The first-order valence-corrected chi connectivity index (χ1v) is 8.27. The highest BCUT2D eigenvalue weighted by Crippen LogP contribution is 2.19. The van der Waals surface area contributed by atoms with Crippen LogP contribution in [0.5, 0.6) is 0 Å². The van der Waals surface area contributed by atoms with Crippen molar-refractivity contribution in [3.63, 3.8) is 0 Å². The van der Waals surface area contributed by atoms with Gasteiger partial charge in [0.15, 0.2) is 5.16 Å². The normalized spacial score (nSPS) is 10.8. The van der Waals surface area contributed by atoms with E-state index in [2.05, 4.69) is 35.2 Å². The number of hydrogen-bond donors (Lipinski definition) is 1. The summed E-state index contributed by atoms with van der Waals surface area (Å²) in [7, 11) is 0. The largest absolute Gasteiger partial charge is 0.325 e. The number of carbonyl (C=O) groups is 1. The molecule has 0 atom stereocenters. The first-order chi connectivity index (χ1) is 10.4. The Morgan fingerprint density at radius 3 is 2.50 bits per heavy atom. The molecule has 4 nitrogen and oxygen atoms in total. The molecule has 1 N–H and O–H groups in total. The topological polar surface area (TPSA) is 54.9 Å². The van der Waals surface area contributed by atoms with Crippen LogP contribution in [0.25, 0.3) is 0 Å². The van der Waals surface area contributed by atoms with Gasteiger partial charge in [0.1, 0.15) is 0 Å². The minimum absolute atomic E-state index is 0.0475. The van der Waals surface area contributed by atoms with E-state index in [0.717, 1.165) is 17.1 Å². The highest BCUT2D eigenvalue weighted by molar-refractivity contribution is 7.99. The van der Waals surface area contributed by atoms with Gasteiger partial charge in [-0.1, -0.05) is 37.7 Å². The quantitative estimate of drug-likeness (QED) is 0.670. The molecule has 1 heterocycles. The van der Waals surface area contributed by atoms with Crippen molar-refractivity contribution in [3.8, 4) is 0 Å². The van der Waals surface area contributed by atoms with Crippen LogP contribution in [0.15, 0.2) is 35.5 Å². The van der Waals surface area contributed by atoms with Gasteiger partial charge < -0.3 is 5.32 Å². The van der Waals surface area contributed by atoms with Gasteiger partial charge in [0.25, 0.3) is 0 Å². The number of thioether (sulfide) groups is 1. The van der Waals surface area contributed by atoms with E-state index in [9.17, 15) is 4.79 Å². The second kappa shape index (κ2) is 7.40. The summed E-state index contributed by atoms with van der Waals surface area (Å²) >= 11 is 1.35. The maximum Gasteiger partial charge on any atom is 0.234 e. The third-order valence-electron chi connectivity index (χ3n) is 3.13. The number of benzene rings is 1. The van der Waals surface area contributed by atoms with Gasteiger partial charge in [-0.2, -0.15) is 0 Å². The lowest BCUT2D eigenvalue weighted by Gasteiger charge is -2.09. The van der Waals surface area contributed by atoms with Crippen LogP contribution in [0.3, 0.4) is 0 Å². The van der Waals surface area contributed by atoms with Gasteiger partial charge in [0, 0.05) is 17.1 Å². The van der Waals surface area contributed by atoms with Gasteiger partial charge in [0.2, 0.25) is 5.91 Å². The van der Waals surface area contributed by atoms with E-state index >= 15 is 0 Å². The fraction of sp³-hybridized carbons (Fsp3) is 0.353. The minimum Gasteiger partial charge on any atom is -0.325 e. The number of amides is 1. The Hall–Kier alpha value is -1.88. The van der Waals surface area contributed by atoms with Crippen LogP contribution >= 0.6 is 11.8 Å². The van der Waals surface area contributed by atoms with Crippen LogP contribution in [-0.2, 0) is 4.79 Å². The van der Waals surface area contributed by atoms with E-state index in [1.165, 1.54) is 17.3 Å². The Balaban J connectivity index is 1.94. The van der Waals surface area contributed by atoms with E-state index in [1.54, 1.807) is 0 Å². The molecule has 0 aliphatic carbocycles. The molecule has 22 heavy (non-hydrogen) atoms. The molecule has 116 valence electrons. The van der Waals surface area contributed by atoms with E-state index in [0.29, 0.717) is 16.8 Å². The average Bonchev–Trinajstić information content (AvgIpc) is 2.44. The van der Waals surface area contributed by atoms with Crippen LogP contribution < -0.4 is 5.32 Å². The maximum absolute atomic E-state index is 12.0. The predicted octanol–water partition coefficient (Wildman–Crippen LogP) is 3.95. The van der Waals surface area contributed by atoms with Crippen LogP contribution in [0.2, 0.25) is 0 Å². The van der Waals surface area contributed by atoms with Crippen LogP contribution in [0, 0.1) is 13.8 Å². The fourth-order valence-corrected chi connectivity index (χ4v) is 2.81. The lowest BCUT2D eigenvalue weighted by molar-refractivity contribution is -0.113. The average molecular weight is 315 g/mol. The lowest BCUT2D eigenvalue weighted by atomic mass is 10.0. The van der Waals surface area contributed by atoms with E-state index in [-0.39, 0.29) is 5.91 Å². The molecule has 1 aromatic carbocycles. The van der Waals surface area contributed by atoms with Crippen LogP contribution in [0.1, 0.15) is 36.7 Å². The molecule has 0 unspecified atom stereocenters. The summed E-state index contributed by atoms with van der Waals surface area (Å²) in [4.78, 5) is 20.7. The number of aromatic nitrogens is 2. The number of aryl methyl sites for hydroxylation is 2. The van der Waals surface area contributed by atoms with Gasteiger partial charge >= 0.3 is 0 Å². The fourth-order valence-electron chi connectivity index (χ4n) is 2.06. The number of anilines is 1. The number of hydrogen-bond acceptors (Lipinski definition) is 4. The second-order valence-corrected chi connectivity index (χ2v) is 6.49. The Morgan fingerprint density at radius 2 is 1.86 bits per heavy atom. The summed E-state index contributed by atoms with van der Waals surface area (Å²) in [5, 5.41) is 3.56. The molecule has 0 bridgehead atoms. The molecule has 0 aliphatic rings. The summed E-state index contributed by atoms with van der Waals surface area (Å²) in [6, 6.07) is 9.87. The first-order valence-electron chi connectivity index (χ1n) is 7.29. The van der Waals surface area contributed by atoms with Crippen molar-refractivity contribution in [2.75, 3.05) is 11.1 Å². The minimum atomic E-state index is -0.0475. The SMILES string of the molecule is Cc1cc(C)nc(SCC(=O)Nc2cccc(C(C)C)c2)n1. The molecule has 1 amide bonds. The standard InChI is InChI=1S/C17H21N3OS/c1-11(2)14-6-5-7-15(9-14)20-16(21)10-22-17-18-12(3)8-13(4)19-17/h5-9,11H,10H2,1-4H3,(H,20,21). The number of rotatable bonds is 5. The summed E-state index contributed by atoms with van der Waals surface area (Å²) in [6.45, 7) is 8.12. The van der Waals surface area contributed by atoms with Crippen LogP contribution in [-0.4, -0.2) is 21.6 Å². The van der Waals surface area contributed by atoms with Crippen molar-refractivity contribution in [1.29, 1.82) is 0 Å². The highest BCUT2D eigenvalue weighted by atomic mass is 32.2. The molecule has 2 rings (SSSR count). The van der Waals surface area contributed by atoms with Crippen molar-refractivity contribution in [2.24, 2.45) is 0 Å². The van der Waals surface area contributed by atoms with E-state index < -0.39 is 0 Å². The Morgan fingerprint density at radius 1 is 1.18 bits per heavy atom. The van der Waals surface area contributed by atoms with Gasteiger partial charge in [-0.05, 0) is 43.5 Å². The van der Waals surface area contributed by atoms with E-state index in [4.69, 9.17) is 0 Å². The molecule has 2 aromatic rings. The zero-order chi connectivity index (χ0) is 16.1. The molecule has 0 saturated carbocycles. The number of nitrogens with one attached hydrogen (secondary N) is 1. The molecule has 0 radical (unpaired) electrons. The zero-order valence-corrected chi connectivity index (χ0v) is 14.2. The monoisotopic (exact) mass is 315 g/mol. The molecule has 5 heteroatoms. The molecular weight excluding hydrogens is 294 g/mol. The smallest absolute Gasteiger partial charge is 0.234 e. The van der Waals surface area contributed by atoms with Crippen molar-refractivity contribution >= 4 is 23.4 Å². The number of carbonyl (C=O) groups excluding carboxylic acids is 1. The predicted molar refractivity (Wildman–Crippen MR) is 91.4 cm³/mol.